The molecule has 2 atom stereocenters. The van der Waals surface area contributed by atoms with Gasteiger partial charge in [-0.1, -0.05) is 5.21 Å². The van der Waals surface area contributed by atoms with Gasteiger partial charge < -0.3 is 10.2 Å². The van der Waals surface area contributed by atoms with E-state index in [2.05, 4.69) is 25.6 Å². The van der Waals surface area contributed by atoms with Crippen LogP contribution in [0.4, 0.5) is 19.0 Å². The maximum Gasteiger partial charge on any atom is 0.133 e. The molecule has 0 saturated carbocycles. The molecule has 2 saturated heterocycles. The molecule has 0 spiro atoms. The average molecular weight is 480 g/mol. The van der Waals surface area contributed by atoms with Gasteiger partial charge in [0, 0.05) is 12.0 Å². The second-order valence-corrected chi connectivity index (χ2v) is 8.99. The molecule has 5 heterocycles. The molecule has 8 nitrogen and oxygen atoms in total. The number of nitrogens with one attached hydrogen (secondary N) is 1. The van der Waals surface area contributed by atoms with Crippen LogP contribution in [0, 0.1) is 11.6 Å². The van der Waals surface area contributed by atoms with Crippen molar-refractivity contribution in [3.05, 3.63) is 60.1 Å². The predicted molar refractivity (Wildman–Crippen MR) is 123 cm³/mol. The highest BCUT2D eigenvalue weighted by atomic mass is 19.1. The van der Waals surface area contributed by atoms with Crippen molar-refractivity contribution >= 4 is 16.9 Å². The maximum atomic E-state index is 14.6. The molecule has 0 aliphatic carbocycles. The normalized spacial score (nSPS) is 21.2. The average Bonchev–Trinajstić information content (AvgIpc) is 3.52. The van der Waals surface area contributed by atoms with Gasteiger partial charge in [0.2, 0.25) is 0 Å². The fraction of sp³-hybridized carbons (Fsp3) is 0.375. The van der Waals surface area contributed by atoms with Crippen LogP contribution in [0.1, 0.15) is 36.9 Å². The summed E-state index contributed by atoms with van der Waals surface area (Å²) in [6.45, 7) is 1.88. The lowest BCUT2D eigenvalue weighted by Gasteiger charge is -2.26. The number of hydrogen-bond donors (Lipinski definition) is 1. The molecule has 2 aliphatic rings. The highest BCUT2D eigenvalue weighted by molar-refractivity contribution is 5.88. The van der Waals surface area contributed by atoms with E-state index in [1.54, 1.807) is 17.0 Å². The van der Waals surface area contributed by atoms with Crippen molar-refractivity contribution in [2.75, 3.05) is 24.5 Å². The Bertz CT molecular complexity index is 1370. The van der Waals surface area contributed by atoms with E-state index in [0.717, 1.165) is 44.1 Å². The number of halogens is 3. The third kappa shape index (κ3) is 4.09. The van der Waals surface area contributed by atoms with Gasteiger partial charge in [0.25, 0.3) is 0 Å². The third-order valence-electron chi connectivity index (χ3n) is 6.76. The standard InChI is InChI=1S/C24H23F3N8/c25-14-1-2-18(27)17(9-14)21-10-15(26)11-34(21)22-4-3-19-24(31-22)23(30-13-29-19)20-12-35(33-32-20)16-5-7-28-8-6-16/h1-4,9,12-13,15-16,21,28H,5-8,10-11H2/t15-,21+/m0/s1. The Morgan fingerprint density at radius 3 is 2.74 bits per heavy atom. The second-order valence-electron chi connectivity index (χ2n) is 8.99. The zero-order valence-corrected chi connectivity index (χ0v) is 18.8. The molecule has 0 radical (unpaired) electrons. The minimum absolute atomic E-state index is 0.0219. The monoisotopic (exact) mass is 480 g/mol. The van der Waals surface area contributed by atoms with Gasteiger partial charge >= 0.3 is 0 Å². The molecular formula is C24H23F3N8. The van der Waals surface area contributed by atoms with Gasteiger partial charge in [0.15, 0.2) is 0 Å². The van der Waals surface area contributed by atoms with Crippen LogP contribution in [0.25, 0.3) is 22.4 Å². The first-order chi connectivity index (χ1) is 17.1. The van der Waals surface area contributed by atoms with E-state index in [4.69, 9.17) is 4.98 Å². The van der Waals surface area contributed by atoms with E-state index >= 15 is 0 Å². The first-order valence-corrected chi connectivity index (χ1v) is 11.7. The quantitative estimate of drug-likeness (QED) is 0.476. The van der Waals surface area contributed by atoms with Gasteiger partial charge in [0.05, 0.1) is 30.3 Å². The minimum Gasteiger partial charge on any atom is -0.346 e. The minimum atomic E-state index is -1.20. The SMILES string of the molecule is Fc1ccc(F)c([C@H]2C[C@H](F)CN2c2ccc3ncnc(-c4cn(C5CCNCC5)nn4)c3n2)c1. The van der Waals surface area contributed by atoms with E-state index in [9.17, 15) is 13.2 Å². The lowest BCUT2D eigenvalue weighted by atomic mass is 10.0. The van der Waals surface area contributed by atoms with E-state index < -0.39 is 23.8 Å². The van der Waals surface area contributed by atoms with Gasteiger partial charge in [0.1, 0.15) is 46.9 Å². The molecule has 4 aromatic rings. The molecule has 180 valence electrons. The van der Waals surface area contributed by atoms with E-state index in [0.29, 0.717) is 28.2 Å². The van der Waals surface area contributed by atoms with E-state index in [-0.39, 0.29) is 24.6 Å². The number of hydrogen-bond acceptors (Lipinski definition) is 7. The molecule has 2 fully saturated rings. The number of piperidine rings is 1. The van der Waals surface area contributed by atoms with Crippen LogP contribution < -0.4 is 10.2 Å². The van der Waals surface area contributed by atoms with Gasteiger partial charge in [-0.2, -0.15) is 0 Å². The smallest absolute Gasteiger partial charge is 0.133 e. The fourth-order valence-corrected chi connectivity index (χ4v) is 5.01. The Kier molecular flexibility index (Phi) is 5.56. The maximum absolute atomic E-state index is 14.6. The first kappa shape index (κ1) is 21.9. The summed E-state index contributed by atoms with van der Waals surface area (Å²) in [5.74, 6) is -0.703. The highest BCUT2D eigenvalue weighted by Gasteiger charge is 2.36. The summed E-state index contributed by atoms with van der Waals surface area (Å²) in [6, 6.07) is 6.32. The lowest BCUT2D eigenvalue weighted by Crippen LogP contribution is -2.29. The molecule has 0 amide bonds. The summed E-state index contributed by atoms with van der Waals surface area (Å²) in [6.07, 6.45) is 4.09. The van der Waals surface area contributed by atoms with Crippen molar-refractivity contribution in [1.82, 2.24) is 35.3 Å². The molecule has 1 N–H and O–H groups in total. The van der Waals surface area contributed by atoms with E-state index in [1.807, 2.05) is 10.9 Å². The number of pyridine rings is 1. The van der Waals surface area contributed by atoms with Crippen LogP contribution in [0.5, 0.6) is 0 Å². The van der Waals surface area contributed by atoms with Crippen LogP contribution in [0.15, 0.2) is 42.9 Å². The van der Waals surface area contributed by atoms with Crippen LogP contribution in [-0.2, 0) is 0 Å². The molecule has 6 rings (SSSR count). The van der Waals surface area contributed by atoms with Crippen LogP contribution >= 0.6 is 0 Å². The predicted octanol–water partition coefficient (Wildman–Crippen LogP) is 3.78. The van der Waals surface area contributed by atoms with E-state index in [1.165, 1.54) is 6.33 Å². The molecule has 11 heteroatoms. The topological polar surface area (TPSA) is 84.7 Å². The van der Waals surface area contributed by atoms with Crippen LogP contribution in [-0.4, -0.2) is 55.8 Å². The Balaban J connectivity index is 1.39. The lowest BCUT2D eigenvalue weighted by molar-refractivity contribution is 0.337. The summed E-state index contributed by atoms with van der Waals surface area (Å²) < 4.78 is 44.8. The van der Waals surface area contributed by atoms with Crippen molar-refractivity contribution in [3.63, 3.8) is 0 Å². The largest absolute Gasteiger partial charge is 0.346 e. The second kappa shape index (κ2) is 8.88. The fourth-order valence-electron chi connectivity index (χ4n) is 5.01. The molecule has 0 bridgehead atoms. The number of anilines is 1. The Labute approximate surface area is 199 Å². The number of aromatic nitrogens is 6. The first-order valence-electron chi connectivity index (χ1n) is 11.7. The number of fused-ring (bicyclic) bond motifs is 1. The van der Waals surface area contributed by atoms with Crippen molar-refractivity contribution in [1.29, 1.82) is 0 Å². The molecule has 3 aromatic heterocycles. The number of rotatable bonds is 4. The summed E-state index contributed by atoms with van der Waals surface area (Å²) >= 11 is 0. The van der Waals surface area contributed by atoms with Gasteiger partial charge in [-0.05, 0) is 56.3 Å². The Hall–Kier alpha value is -3.60. The summed E-state index contributed by atoms with van der Waals surface area (Å²) in [4.78, 5) is 15.1. The van der Waals surface area contributed by atoms with Crippen LogP contribution in [0.3, 0.4) is 0 Å². The van der Waals surface area contributed by atoms with Gasteiger partial charge in [-0.25, -0.2) is 32.8 Å². The van der Waals surface area contributed by atoms with Crippen molar-refractivity contribution in [2.24, 2.45) is 0 Å². The Morgan fingerprint density at radius 1 is 1.03 bits per heavy atom. The Morgan fingerprint density at radius 2 is 1.89 bits per heavy atom. The van der Waals surface area contributed by atoms with Crippen molar-refractivity contribution < 1.29 is 13.2 Å². The summed E-state index contributed by atoms with van der Waals surface area (Å²) in [5.41, 5.74) is 2.28. The van der Waals surface area contributed by atoms with Crippen molar-refractivity contribution in [2.45, 2.75) is 37.5 Å². The number of nitrogens with zero attached hydrogens (tertiary/aromatic N) is 7. The molecule has 35 heavy (non-hydrogen) atoms. The zero-order valence-electron chi connectivity index (χ0n) is 18.8. The van der Waals surface area contributed by atoms with Gasteiger partial charge in [-0.15, -0.1) is 5.10 Å². The molecule has 1 aromatic carbocycles. The summed E-state index contributed by atoms with van der Waals surface area (Å²) in [5, 5.41) is 12.0. The molecule has 2 aliphatic heterocycles. The number of benzene rings is 1. The zero-order chi connectivity index (χ0) is 23.9. The van der Waals surface area contributed by atoms with Crippen molar-refractivity contribution in [3.8, 4) is 11.4 Å². The number of alkyl halides is 1. The van der Waals surface area contributed by atoms with Gasteiger partial charge in [-0.3, -0.25) is 0 Å². The third-order valence-corrected chi connectivity index (χ3v) is 6.76. The molecular weight excluding hydrogens is 457 g/mol. The van der Waals surface area contributed by atoms with Crippen LogP contribution in [0.2, 0.25) is 0 Å². The highest BCUT2D eigenvalue weighted by Crippen LogP contribution is 2.39. The molecule has 0 unspecified atom stereocenters. The summed E-state index contributed by atoms with van der Waals surface area (Å²) in [7, 11) is 0.